The van der Waals surface area contributed by atoms with Gasteiger partial charge in [-0.1, -0.05) is 24.9 Å². The first-order valence-electron chi connectivity index (χ1n) is 3.93. The molecule has 0 aliphatic carbocycles. The van der Waals surface area contributed by atoms with Crippen molar-refractivity contribution >= 4 is 11.6 Å². The number of hydrogen-bond donors (Lipinski definition) is 0. The molecule has 11 heavy (non-hydrogen) atoms. The van der Waals surface area contributed by atoms with E-state index < -0.39 is 0 Å². The fraction of sp³-hybridized carbons (Fsp3) is 0.444. The number of unbranched alkanes of at least 4 members (excludes halogenated alkanes) is 1. The molecule has 0 fully saturated rings. The monoisotopic (exact) mass is 169 g/mol. The van der Waals surface area contributed by atoms with Gasteiger partial charge in [-0.3, -0.25) is 4.98 Å². The average molecular weight is 170 g/mol. The lowest BCUT2D eigenvalue weighted by Gasteiger charge is -1.97. The smallest absolute Gasteiger partial charge is 0.0439 e. The number of rotatable bonds is 3. The van der Waals surface area contributed by atoms with Gasteiger partial charge in [0.25, 0.3) is 0 Å². The first-order chi connectivity index (χ1) is 5.33. The minimum atomic E-state index is 0.783. The maximum absolute atomic E-state index is 5.78. The molecule has 0 radical (unpaired) electrons. The molecule has 0 N–H and O–H groups in total. The van der Waals surface area contributed by atoms with E-state index in [0.29, 0.717) is 0 Å². The van der Waals surface area contributed by atoms with Gasteiger partial charge in [-0.05, 0) is 25.0 Å². The van der Waals surface area contributed by atoms with Gasteiger partial charge in [0.2, 0.25) is 0 Å². The molecule has 0 bridgehead atoms. The fourth-order valence-corrected chi connectivity index (χ4v) is 1.13. The Morgan fingerprint density at radius 3 is 3.00 bits per heavy atom. The Kier molecular flexibility index (Phi) is 3.37. The number of nitrogens with zero attached hydrogens (tertiary/aromatic N) is 1. The van der Waals surface area contributed by atoms with Crippen molar-refractivity contribution in [3.05, 3.63) is 29.0 Å². The van der Waals surface area contributed by atoms with Crippen LogP contribution in [0.4, 0.5) is 0 Å². The van der Waals surface area contributed by atoms with Crippen molar-refractivity contribution < 1.29 is 0 Å². The Hall–Kier alpha value is -0.560. The minimum absolute atomic E-state index is 0.783. The molecule has 0 aliphatic rings. The molecule has 60 valence electrons. The average Bonchev–Trinajstić information content (AvgIpc) is 2.01. The molecule has 0 amide bonds. The third-order valence-corrected chi connectivity index (χ3v) is 1.80. The predicted octanol–water partition coefficient (Wildman–Crippen LogP) is 3.08. The van der Waals surface area contributed by atoms with E-state index in [-0.39, 0.29) is 0 Å². The summed E-state index contributed by atoms with van der Waals surface area (Å²) in [6.45, 7) is 2.17. The SMILES string of the molecule is CCCCc1cc(Cl)ccn1. The van der Waals surface area contributed by atoms with Crippen LogP contribution in [0, 0.1) is 0 Å². The van der Waals surface area contributed by atoms with Crippen LogP contribution in [0.15, 0.2) is 18.3 Å². The van der Waals surface area contributed by atoms with Crippen molar-refractivity contribution in [1.82, 2.24) is 4.98 Å². The molecule has 1 nitrogen and oxygen atoms in total. The zero-order valence-corrected chi connectivity index (χ0v) is 7.43. The van der Waals surface area contributed by atoms with Crippen LogP contribution >= 0.6 is 11.6 Å². The fourth-order valence-electron chi connectivity index (χ4n) is 0.943. The highest BCUT2D eigenvalue weighted by Crippen LogP contribution is 2.09. The van der Waals surface area contributed by atoms with E-state index in [4.69, 9.17) is 11.6 Å². The van der Waals surface area contributed by atoms with Gasteiger partial charge in [0, 0.05) is 16.9 Å². The largest absolute Gasteiger partial charge is 0.261 e. The van der Waals surface area contributed by atoms with Crippen LogP contribution in [0.3, 0.4) is 0 Å². The molecular formula is C9H12ClN. The van der Waals surface area contributed by atoms with Crippen LogP contribution in [0.25, 0.3) is 0 Å². The molecular weight excluding hydrogens is 158 g/mol. The summed E-state index contributed by atoms with van der Waals surface area (Å²) in [5, 5.41) is 0.783. The third kappa shape index (κ3) is 2.89. The van der Waals surface area contributed by atoms with Crippen LogP contribution in [0.5, 0.6) is 0 Å². The molecule has 1 rings (SSSR count). The van der Waals surface area contributed by atoms with Gasteiger partial charge in [0.05, 0.1) is 0 Å². The molecule has 0 saturated heterocycles. The minimum Gasteiger partial charge on any atom is -0.261 e. The normalized spacial score (nSPS) is 10.0. The highest BCUT2D eigenvalue weighted by atomic mass is 35.5. The van der Waals surface area contributed by atoms with Crippen LogP contribution < -0.4 is 0 Å². The topological polar surface area (TPSA) is 12.9 Å². The van der Waals surface area contributed by atoms with Crippen molar-refractivity contribution in [2.24, 2.45) is 0 Å². The summed E-state index contributed by atoms with van der Waals surface area (Å²) in [5.41, 5.74) is 1.10. The van der Waals surface area contributed by atoms with E-state index in [9.17, 15) is 0 Å². The summed E-state index contributed by atoms with van der Waals surface area (Å²) in [7, 11) is 0. The zero-order valence-electron chi connectivity index (χ0n) is 6.68. The van der Waals surface area contributed by atoms with Crippen LogP contribution in [0.1, 0.15) is 25.5 Å². The predicted molar refractivity (Wildman–Crippen MR) is 47.9 cm³/mol. The Morgan fingerprint density at radius 2 is 2.36 bits per heavy atom. The third-order valence-electron chi connectivity index (χ3n) is 1.57. The first kappa shape index (κ1) is 8.54. The number of halogens is 1. The van der Waals surface area contributed by atoms with Crippen molar-refractivity contribution in [1.29, 1.82) is 0 Å². The number of pyridine rings is 1. The lowest BCUT2D eigenvalue weighted by atomic mass is 10.2. The van der Waals surface area contributed by atoms with E-state index in [1.54, 1.807) is 12.3 Å². The van der Waals surface area contributed by atoms with Crippen LogP contribution in [-0.4, -0.2) is 4.98 Å². The number of aromatic nitrogens is 1. The van der Waals surface area contributed by atoms with Crippen molar-refractivity contribution in [3.63, 3.8) is 0 Å². The summed E-state index contributed by atoms with van der Waals surface area (Å²) in [5.74, 6) is 0. The van der Waals surface area contributed by atoms with Crippen LogP contribution in [0.2, 0.25) is 5.02 Å². The van der Waals surface area contributed by atoms with Crippen molar-refractivity contribution in [3.8, 4) is 0 Å². The van der Waals surface area contributed by atoms with Gasteiger partial charge in [0.1, 0.15) is 0 Å². The van der Waals surface area contributed by atoms with Crippen LogP contribution in [-0.2, 0) is 6.42 Å². The van der Waals surface area contributed by atoms with Gasteiger partial charge < -0.3 is 0 Å². The maximum Gasteiger partial charge on any atom is 0.0439 e. The highest BCUT2D eigenvalue weighted by Gasteiger charge is 1.93. The summed E-state index contributed by atoms with van der Waals surface area (Å²) < 4.78 is 0. The molecule has 0 aromatic carbocycles. The lowest BCUT2D eigenvalue weighted by molar-refractivity contribution is 0.777. The summed E-state index contributed by atoms with van der Waals surface area (Å²) in [6.07, 6.45) is 5.19. The second-order valence-corrected chi connectivity index (χ2v) is 3.01. The van der Waals surface area contributed by atoms with E-state index in [1.165, 1.54) is 12.8 Å². The maximum atomic E-state index is 5.78. The Morgan fingerprint density at radius 1 is 1.55 bits per heavy atom. The molecule has 1 heterocycles. The molecule has 0 spiro atoms. The van der Waals surface area contributed by atoms with Crippen molar-refractivity contribution in [2.75, 3.05) is 0 Å². The second kappa shape index (κ2) is 4.35. The molecule has 0 saturated carbocycles. The molecule has 0 unspecified atom stereocenters. The number of aryl methyl sites for hydroxylation is 1. The lowest BCUT2D eigenvalue weighted by Crippen LogP contribution is -1.87. The van der Waals surface area contributed by atoms with E-state index >= 15 is 0 Å². The molecule has 0 atom stereocenters. The van der Waals surface area contributed by atoms with Gasteiger partial charge in [-0.25, -0.2) is 0 Å². The first-order valence-corrected chi connectivity index (χ1v) is 4.31. The quantitative estimate of drug-likeness (QED) is 0.678. The van der Waals surface area contributed by atoms with Gasteiger partial charge in [0.15, 0.2) is 0 Å². The second-order valence-electron chi connectivity index (χ2n) is 2.57. The molecule has 1 aromatic rings. The van der Waals surface area contributed by atoms with Gasteiger partial charge >= 0.3 is 0 Å². The summed E-state index contributed by atoms with van der Waals surface area (Å²) in [4.78, 5) is 4.19. The van der Waals surface area contributed by atoms with E-state index in [0.717, 1.165) is 17.1 Å². The standard InChI is InChI=1S/C9H12ClN/c1-2-3-4-9-7-8(10)5-6-11-9/h5-7H,2-4H2,1H3. The summed E-state index contributed by atoms with van der Waals surface area (Å²) >= 11 is 5.78. The Balaban J connectivity index is 2.56. The highest BCUT2D eigenvalue weighted by molar-refractivity contribution is 6.30. The Labute approximate surface area is 72.4 Å². The Bertz CT molecular complexity index is 223. The number of hydrogen-bond acceptors (Lipinski definition) is 1. The van der Waals surface area contributed by atoms with E-state index in [2.05, 4.69) is 11.9 Å². The zero-order chi connectivity index (χ0) is 8.10. The molecule has 2 heteroatoms. The molecule has 1 aromatic heterocycles. The van der Waals surface area contributed by atoms with E-state index in [1.807, 2.05) is 6.07 Å². The molecule has 0 aliphatic heterocycles. The van der Waals surface area contributed by atoms with Gasteiger partial charge in [-0.15, -0.1) is 0 Å². The van der Waals surface area contributed by atoms with Gasteiger partial charge in [-0.2, -0.15) is 0 Å². The summed E-state index contributed by atoms with van der Waals surface area (Å²) in [6, 6.07) is 3.73. The van der Waals surface area contributed by atoms with Crippen molar-refractivity contribution in [2.45, 2.75) is 26.2 Å².